The van der Waals surface area contributed by atoms with Crippen LogP contribution >= 0.6 is 0 Å². The molecule has 3 aliphatic heterocycles. The fourth-order valence-corrected chi connectivity index (χ4v) is 4.12. The summed E-state index contributed by atoms with van der Waals surface area (Å²) in [4.78, 5) is 0. The highest BCUT2D eigenvalue weighted by molar-refractivity contribution is 4.99. The van der Waals surface area contributed by atoms with Crippen LogP contribution in [-0.4, -0.2) is 168 Å². The Morgan fingerprint density at radius 2 is 1.15 bits per heavy atom. The molecule has 34 heavy (non-hydrogen) atoms. The van der Waals surface area contributed by atoms with E-state index >= 15 is 0 Å². The smallest absolute Gasteiger partial charge is 0.224 e. The Bertz CT molecular complexity index is 651. The van der Waals surface area contributed by atoms with Crippen LogP contribution in [0.5, 0.6) is 0 Å². The minimum Gasteiger partial charge on any atom is -0.394 e. The molecule has 16 heteroatoms. The molecular formula is C18H32O16. The zero-order chi connectivity index (χ0) is 25.4. The van der Waals surface area contributed by atoms with Gasteiger partial charge in [0, 0.05) is 0 Å². The first-order valence-electron chi connectivity index (χ1n) is 10.6. The predicted octanol–water partition coefficient (Wildman–Crippen LogP) is -7.57. The van der Waals surface area contributed by atoms with Crippen LogP contribution < -0.4 is 0 Å². The molecule has 0 aromatic rings. The van der Waals surface area contributed by atoms with Crippen molar-refractivity contribution in [3.8, 4) is 0 Å². The molecule has 200 valence electrons. The van der Waals surface area contributed by atoms with Crippen LogP contribution in [0.4, 0.5) is 0 Å². The third kappa shape index (κ3) is 4.96. The summed E-state index contributed by atoms with van der Waals surface area (Å²) in [7, 11) is 0. The summed E-state index contributed by atoms with van der Waals surface area (Å²) in [5.41, 5.74) is 0. The summed E-state index contributed by atoms with van der Waals surface area (Å²) in [6.45, 7) is -3.39. The molecule has 3 heterocycles. The van der Waals surface area contributed by atoms with E-state index in [0.717, 1.165) is 0 Å². The van der Waals surface area contributed by atoms with Crippen molar-refractivity contribution in [1.29, 1.82) is 0 Å². The number of aliphatic hydroxyl groups is 11. The van der Waals surface area contributed by atoms with Gasteiger partial charge < -0.3 is 79.9 Å². The first-order valence-corrected chi connectivity index (χ1v) is 10.6. The average Bonchev–Trinajstić information content (AvgIpc) is 3.08. The van der Waals surface area contributed by atoms with Crippen LogP contribution in [0.1, 0.15) is 0 Å². The summed E-state index contributed by atoms with van der Waals surface area (Å²) in [5, 5.41) is 109. The van der Waals surface area contributed by atoms with Gasteiger partial charge in [-0.2, -0.15) is 0 Å². The summed E-state index contributed by atoms with van der Waals surface area (Å²) >= 11 is 0. The summed E-state index contributed by atoms with van der Waals surface area (Å²) in [5.74, 6) is -2.36. The van der Waals surface area contributed by atoms with E-state index in [1.54, 1.807) is 0 Å². The zero-order valence-corrected chi connectivity index (χ0v) is 17.8. The number of rotatable bonds is 8. The highest BCUT2D eigenvalue weighted by Crippen LogP contribution is 2.37. The molecule has 3 aliphatic rings. The molecule has 3 fully saturated rings. The van der Waals surface area contributed by atoms with Gasteiger partial charge >= 0.3 is 0 Å². The van der Waals surface area contributed by atoms with Gasteiger partial charge in [-0.15, -0.1) is 0 Å². The van der Waals surface area contributed by atoms with Crippen LogP contribution in [0, 0.1) is 0 Å². The maximum Gasteiger partial charge on any atom is 0.224 e. The van der Waals surface area contributed by atoms with Crippen molar-refractivity contribution in [2.75, 3.05) is 26.4 Å². The molecular weight excluding hydrogens is 472 g/mol. The van der Waals surface area contributed by atoms with Gasteiger partial charge in [-0.25, -0.2) is 0 Å². The molecule has 0 amide bonds. The van der Waals surface area contributed by atoms with E-state index in [9.17, 15) is 56.2 Å². The van der Waals surface area contributed by atoms with Gasteiger partial charge in [0.1, 0.15) is 73.8 Å². The lowest BCUT2D eigenvalue weighted by molar-refractivity contribution is -0.398. The fourth-order valence-electron chi connectivity index (χ4n) is 4.12. The molecule has 0 spiro atoms. The highest BCUT2D eigenvalue weighted by atomic mass is 16.8. The van der Waals surface area contributed by atoms with Crippen LogP contribution in [0.25, 0.3) is 0 Å². The minimum absolute atomic E-state index is 0.742. The SMILES string of the molecule is OC[C@H]1OC(CO)(O[C@H]2O[C@H](CO)[C@@H](O[C@@H]3O[C@H](CO)[C@@H](O)[C@H](O)[C@H]3O)[C@H](O)[C@H]2O)[C@@H](O)[C@@H]1O. The molecule has 0 saturated carbocycles. The van der Waals surface area contributed by atoms with Crippen molar-refractivity contribution in [3.63, 3.8) is 0 Å². The Balaban J connectivity index is 1.74. The molecule has 16 nitrogen and oxygen atoms in total. The highest BCUT2D eigenvalue weighted by Gasteiger charge is 2.59. The summed E-state index contributed by atoms with van der Waals surface area (Å²) < 4.78 is 26.6. The largest absolute Gasteiger partial charge is 0.394 e. The van der Waals surface area contributed by atoms with Gasteiger partial charge in [0.2, 0.25) is 5.79 Å². The lowest BCUT2D eigenvalue weighted by Gasteiger charge is -2.47. The normalized spacial score (nSPS) is 52.1. The monoisotopic (exact) mass is 504 g/mol. The molecule has 0 radical (unpaired) electrons. The molecule has 0 aromatic carbocycles. The van der Waals surface area contributed by atoms with E-state index < -0.39 is 112 Å². The van der Waals surface area contributed by atoms with Gasteiger partial charge in [0.05, 0.1) is 19.8 Å². The Morgan fingerprint density at radius 1 is 0.588 bits per heavy atom. The molecule has 11 N–H and O–H groups in total. The summed E-state index contributed by atoms with van der Waals surface area (Å²) in [6.07, 6.45) is -22.0. The Morgan fingerprint density at radius 3 is 1.68 bits per heavy atom. The molecule has 0 aromatic heterocycles. The Kier molecular flexibility index (Phi) is 9.18. The van der Waals surface area contributed by atoms with E-state index in [1.807, 2.05) is 0 Å². The molecule has 3 saturated heterocycles. The number of aliphatic hydroxyl groups excluding tert-OH is 11. The first kappa shape index (κ1) is 27.9. The maximum absolute atomic E-state index is 10.6. The maximum atomic E-state index is 10.6. The fraction of sp³-hybridized carbons (Fsp3) is 1.00. The predicted molar refractivity (Wildman–Crippen MR) is 101 cm³/mol. The second-order valence-corrected chi connectivity index (χ2v) is 8.37. The van der Waals surface area contributed by atoms with Crippen LogP contribution in [0.2, 0.25) is 0 Å². The van der Waals surface area contributed by atoms with E-state index in [1.165, 1.54) is 0 Å². The molecule has 3 rings (SSSR count). The van der Waals surface area contributed by atoms with Crippen molar-refractivity contribution in [2.45, 2.75) is 85.5 Å². The van der Waals surface area contributed by atoms with Crippen LogP contribution in [0.3, 0.4) is 0 Å². The molecule has 0 aliphatic carbocycles. The van der Waals surface area contributed by atoms with Gasteiger partial charge in [0.15, 0.2) is 12.6 Å². The summed E-state index contributed by atoms with van der Waals surface area (Å²) in [6, 6.07) is 0. The minimum atomic E-state index is -2.36. The Hall–Kier alpha value is -0.640. The second kappa shape index (κ2) is 11.2. The van der Waals surface area contributed by atoms with E-state index in [2.05, 4.69) is 0 Å². The standard InChI is InChI=1S/C18H32O16/c19-1-5-8(23)10(25)12(27)16(30-5)32-14-7(3-21)31-17(13(28)11(14)26)34-18(4-22)15(29)9(24)6(2-20)33-18/h5-17,19-29H,1-4H2/t5-,6-,7-,8-,9-,10+,11-,12-,13-,14-,15+,16+,17-,18?/m1/s1. The third-order valence-electron chi connectivity index (χ3n) is 6.18. The van der Waals surface area contributed by atoms with Gasteiger partial charge in [-0.1, -0.05) is 0 Å². The molecule has 14 atom stereocenters. The zero-order valence-electron chi connectivity index (χ0n) is 17.8. The topological polar surface area (TPSA) is 269 Å². The third-order valence-corrected chi connectivity index (χ3v) is 6.18. The van der Waals surface area contributed by atoms with Crippen LogP contribution in [-0.2, 0) is 23.7 Å². The lowest BCUT2D eigenvalue weighted by Crippen LogP contribution is -2.66. The van der Waals surface area contributed by atoms with Crippen LogP contribution in [0.15, 0.2) is 0 Å². The van der Waals surface area contributed by atoms with E-state index in [4.69, 9.17) is 23.7 Å². The number of ether oxygens (including phenoxy) is 5. The van der Waals surface area contributed by atoms with Crippen molar-refractivity contribution >= 4 is 0 Å². The lowest BCUT2D eigenvalue weighted by atomic mass is 9.97. The average molecular weight is 504 g/mol. The van der Waals surface area contributed by atoms with Gasteiger partial charge in [-0.3, -0.25) is 0 Å². The van der Waals surface area contributed by atoms with Crippen molar-refractivity contribution in [1.82, 2.24) is 0 Å². The molecule has 1 unspecified atom stereocenters. The first-order chi connectivity index (χ1) is 16.0. The quantitative estimate of drug-likeness (QED) is 0.146. The van der Waals surface area contributed by atoms with Gasteiger partial charge in [-0.05, 0) is 0 Å². The second-order valence-electron chi connectivity index (χ2n) is 8.37. The number of hydrogen-bond donors (Lipinski definition) is 11. The van der Waals surface area contributed by atoms with E-state index in [-0.39, 0.29) is 0 Å². The van der Waals surface area contributed by atoms with Crippen molar-refractivity contribution in [2.24, 2.45) is 0 Å². The van der Waals surface area contributed by atoms with Gasteiger partial charge in [0.25, 0.3) is 0 Å². The Labute approximate surface area is 192 Å². The van der Waals surface area contributed by atoms with Crippen molar-refractivity contribution in [3.05, 3.63) is 0 Å². The van der Waals surface area contributed by atoms with E-state index in [0.29, 0.717) is 0 Å². The molecule has 0 bridgehead atoms. The van der Waals surface area contributed by atoms with Crippen molar-refractivity contribution < 1.29 is 79.9 Å². The number of hydrogen-bond acceptors (Lipinski definition) is 16.